The molecule has 4 fully saturated rings. The third-order valence-electron chi connectivity index (χ3n) is 14.6. The SMILES string of the molecule is C.Cc1ccc(NS(C)(=O)=O)c(C(=O)N2CCCC[C@H]2c2cc3nc(N4CC[C@H](N)C4)c(C)cn3n2)c1.Cc1ccc(NS(C)(=O)=O)c(C(=O)N2CCCC[C@H]2c2cc3nc(N4CC[C@H](NC(=O)OC(C)(C)C)C4)c(C)cn3n2)c1. The summed E-state index contributed by atoms with van der Waals surface area (Å²) in [7, 11) is -7.10. The number of carbonyl (C=O) groups is 3. The van der Waals surface area contributed by atoms with Gasteiger partial charge in [-0.1, -0.05) is 30.7 Å². The number of piperidine rings is 2. The fourth-order valence-corrected chi connectivity index (χ4v) is 12.2. The Bertz CT molecular complexity index is 3520. The van der Waals surface area contributed by atoms with E-state index in [1.165, 1.54) is 0 Å². The summed E-state index contributed by atoms with van der Waals surface area (Å²) in [5, 5.41) is 12.6. The number of rotatable bonds is 11. The molecule has 8 heterocycles. The van der Waals surface area contributed by atoms with E-state index in [0.717, 1.165) is 134 Å². The van der Waals surface area contributed by atoms with Crippen molar-refractivity contribution in [3.63, 3.8) is 0 Å². The number of nitrogens with one attached hydrogen (secondary N) is 3. The number of aryl methyl sites for hydroxylation is 4. The highest BCUT2D eigenvalue weighted by Crippen LogP contribution is 2.37. The first kappa shape index (κ1) is 59.1. The van der Waals surface area contributed by atoms with Crippen LogP contribution in [-0.4, -0.2) is 143 Å². The quantitative estimate of drug-likeness (QED) is 0.0982. The van der Waals surface area contributed by atoms with Gasteiger partial charge in [-0.2, -0.15) is 10.2 Å². The molecule has 2 aromatic carbocycles. The van der Waals surface area contributed by atoms with Crippen molar-refractivity contribution in [1.82, 2.24) is 44.3 Å². The number of aromatic nitrogens is 6. The number of fused-ring (bicyclic) bond motifs is 2. The van der Waals surface area contributed by atoms with Crippen LogP contribution in [-0.2, 0) is 24.8 Å². The van der Waals surface area contributed by atoms with Crippen LogP contribution in [0, 0.1) is 27.7 Å². The number of hydrogen-bond acceptors (Lipinski definition) is 15. The molecule has 3 amide bonds. The molecule has 0 aliphatic carbocycles. The first-order chi connectivity index (χ1) is 37.3. The summed E-state index contributed by atoms with van der Waals surface area (Å²) >= 11 is 0. The first-order valence-corrected chi connectivity index (χ1v) is 30.8. The molecule has 4 saturated heterocycles. The topological polar surface area (TPSA) is 264 Å². The first-order valence-electron chi connectivity index (χ1n) is 27.0. The summed E-state index contributed by atoms with van der Waals surface area (Å²) in [4.78, 5) is 57.8. The monoisotopic (exact) mass is 1140 g/mol. The zero-order valence-corrected chi connectivity index (χ0v) is 48.2. The number of nitrogens with two attached hydrogens (primary N) is 1. The average Bonchev–Trinajstić information content (AvgIpc) is 4.35. The van der Waals surface area contributed by atoms with Crippen LogP contribution in [0.25, 0.3) is 11.3 Å². The van der Waals surface area contributed by atoms with Crippen molar-refractivity contribution >= 4 is 72.3 Å². The minimum Gasteiger partial charge on any atom is -0.444 e. The molecule has 0 spiro atoms. The normalized spacial score (nSPS) is 19.8. The second kappa shape index (κ2) is 23.6. The maximum Gasteiger partial charge on any atom is 0.407 e. The van der Waals surface area contributed by atoms with Crippen molar-refractivity contribution < 1.29 is 36.0 Å². The lowest BCUT2D eigenvalue weighted by atomic mass is 9.97. The number of alkyl carbamates (subject to hydrolysis) is 1. The molecule has 22 nitrogen and oxygen atoms in total. The van der Waals surface area contributed by atoms with Crippen LogP contribution in [0.4, 0.5) is 27.8 Å². The lowest BCUT2D eigenvalue weighted by Gasteiger charge is -2.35. The molecule has 10 rings (SSSR count). The number of amides is 3. The van der Waals surface area contributed by atoms with Crippen LogP contribution in [0.2, 0.25) is 0 Å². The smallest absolute Gasteiger partial charge is 0.407 e. The third-order valence-corrected chi connectivity index (χ3v) is 15.8. The number of carbonyl (C=O) groups excluding carboxylic acids is 3. The predicted octanol–water partition coefficient (Wildman–Crippen LogP) is 7.45. The lowest BCUT2D eigenvalue weighted by molar-refractivity contribution is 0.0507. The highest BCUT2D eigenvalue weighted by atomic mass is 32.2. The standard InChI is InChI=1S/C30H41N7O5S.C25H33N7O3S.CH4/c1-19-10-11-23(34-43(6,40)41)22(15-19)28(38)36-13-8-7-9-25(36)24-16-26-32-27(20(2)17-37(26)33-24)35-14-12-21(18-35)31-29(39)42-30(3,4)5;1-16-7-8-20(29-36(3,34)35)19(12-16)25(33)31-10-5-4-6-22(31)21-13-23-27-24(17(2)14-32(23)28-21)30-11-9-18(26)15-30;/h10-11,15-17,21,25,34H,7-9,12-14,18H2,1-6H3,(H,31,39);7-8,12-14,18,22,29H,4-6,9-11,15,26H2,1-3H3;1H4/t21-,25-;18-,22-;/m00./s1. The van der Waals surface area contributed by atoms with Crippen LogP contribution < -0.4 is 30.3 Å². The molecule has 4 atom stereocenters. The van der Waals surface area contributed by atoms with Gasteiger partial charge in [0.15, 0.2) is 11.3 Å². The van der Waals surface area contributed by atoms with E-state index in [1.54, 1.807) is 50.3 Å². The highest BCUT2D eigenvalue weighted by molar-refractivity contribution is 7.92. The van der Waals surface area contributed by atoms with Crippen LogP contribution in [0.3, 0.4) is 0 Å². The molecule has 5 N–H and O–H groups in total. The Balaban J connectivity index is 0.000000211. The summed E-state index contributed by atoms with van der Waals surface area (Å²) in [5.41, 5.74) is 13.4. The van der Waals surface area contributed by atoms with Crippen molar-refractivity contribution in [3.8, 4) is 0 Å². The van der Waals surface area contributed by atoms with E-state index in [4.69, 9.17) is 30.6 Å². The number of anilines is 4. The van der Waals surface area contributed by atoms with E-state index in [0.29, 0.717) is 36.4 Å². The summed E-state index contributed by atoms with van der Waals surface area (Å²) in [6.07, 6.45) is 12.6. The van der Waals surface area contributed by atoms with Crippen LogP contribution in [0.5, 0.6) is 0 Å². The van der Waals surface area contributed by atoms with Gasteiger partial charge in [-0.15, -0.1) is 0 Å². The van der Waals surface area contributed by atoms with Crippen molar-refractivity contribution in [2.24, 2.45) is 5.73 Å². The Morgan fingerprint density at radius 2 is 1.07 bits per heavy atom. The summed E-state index contributed by atoms with van der Waals surface area (Å²) in [6, 6.07) is 13.8. The Kier molecular flexibility index (Phi) is 17.4. The van der Waals surface area contributed by atoms with Crippen molar-refractivity contribution in [2.45, 2.75) is 137 Å². The number of ether oxygens (including phenoxy) is 1. The largest absolute Gasteiger partial charge is 0.444 e. The van der Waals surface area contributed by atoms with E-state index in [9.17, 15) is 31.2 Å². The minimum atomic E-state index is -3.57. The fraction of sp³-hybridized carbons (Fsp3) is 0.518. The van der Waals surface area contributed by atoms with Crippen LogP contribution >= 0.6 is 0 Å². The Morgan fingerprint density at radius 3 is 1.50 bits per heavy atom. The van der Waals surface area contributed by atoms with Gasteiger partial charge >= 0.3 is 6.09 Å². The van der Waals surface area contributed by atoms with E-state index >= 15 is 0 Å². The van der Waals surface area contributed by atoms with Gasteiger partial charge in [0.2, 0.25) is 20.0 Å². The predicted molar refractivity (Wildman–Crippen MR) is 312 cm³/mol. The second-order valence-corrected chi connectivity index (χ2v) is 26.2. The molecule has 0 saturated carbocycles. The number of sulfonamides is 2. The van der Waals surface area contributed by atoms with Gasteiger partial charge in [-0.3, -0.25) is 19.0 Å². The van der Waals surface area contributed by atoms with E-state index in [-0.39, 0.29) is 54.8 Å². The molecule has 4 aliphatic rings. The number of benzene rings is 2. The lowest BCUT2D eigenvalue weighted by Crippen LogP contribution is -2.40. The zero-order valence-electron chi connectivity index (χ0n) is 46.6. The van der Waals surface area contributed by atoms with E-state index in [1.807, 2.05) is 77.9 Å². The fourth-order valence-electron chi connectivity index (χ4n) is 11.1. The highest BCUT2D eigenvalue weighted by Gasteiger charge is 2.35. The maximum atomic E-state index is 13.9. The molecular formula is C56H78N14O8S2. The molecule has 80 heavy (non-hydrogen) atoms. The average molecular weight is 1140 g/mol. The molecule has 4 aliphatic heterocycles. The molecule has 4 aromatic heterocycles. The van der Waals surface area contributed by atoms with Gasteiger partial charge in [0.25, 0.3) is 11.8 Å². The Labute approximate surface area is 469 Å². The van der Waals surface area contributed by atoms with Gasteiger partial charge < -0.3 is 35.4 Å². The third kappa shape index (κ3) is 13.9. The van der Waals surface area contributed by atoms with E-state index < -0.39 is 31.7 Å². The van der Waals surface area contributed by atoms with Gasteiger partial charge in [0.1, 0.15) is 17.2 Å². The van der Waals surface area contributed by atoms with Crippen molar-refractivity contribution in [2.75, 3.05) is 71.0 Å². The Hall–Kier alpha value is -7.05. The number of hydrogen-bond donors (Lipinski definition) is 4. The molecule has 0 radical (unpaired) electrons. The second-order valence-electron chi connectivity index (χ2n) is 22.7. The molecule has 6 aromatic rings. The molecule has 0 unspecified atom stereocenters. The maximum absolute atomic E-state index is 13.9. The summed E-state index contributed by atoms with van der Waals surface area (Å²) in [5.74, 6) is 1.32. The van der Waals surface area contributed by atoms with E-state index in [2.05, 4.69) is 24.6 Å². The van der Waals surface area contributed by atoms with Gasteiger partial charge in [-0.25, -0.2) is 40.6 Å². The van der Waals surface area contributed by atoms with Crippen molar-refractivity contribution in [3.05, 3.63) is 106 Å². The van der Waals surface area contributed by atoms with Gasteiger partial charge in [0, 0.05) is 81.0 Å². The van der Waals surface area contributed by atoms with Crippen LogP contribution in [0.15, 0.2) is 60.9 Å². The molecule has 0 bridgehead atoms. The minimum absolute atomic E-state index is 0. The van der Waals surface area contributed by atoms with Crippen LogP contribution in [0.1, 0.15) is 146 Å². The van der Waals surface area contributed by atoms with Gasteiger partial charge in [-0.05, 0) is 124 Å². The molecule has 432 valence electrons. The number of likely N-dealkylation sites (tertiary alicyclic amines) is 2. The summed E-state index contributed by atoms with van der Waals surface area (Å²) in [6.45, 7) is 17.5. The number of nitrogens with zero attached hydrogens (tertiary/aromatic N) is 10. The Morgan fingerprint density at radius 1 is 0.625 bits per heavy atom. The summed E-state index contributed by atoms with van der Waals surface area (Å²) < 4.78 is 61.8. The van der Waals surface area contributed by atoms with Gasteiger partial charge in [0.05, 0.1) is 64.5 Å². The molecule has 24 heteroatoms. The molecular weight excluding hydrogens is 1060 g/mol. The zero-order chi connectivity index (χ0) is 56.7. The van der Waals surface area contributed by atoms with Crippen molar-refractivity contribution in [1.29, 1.82) is 0 Å².